The van der Waals surface area contributed by atoms with Gasteiger partial charge in [-0.05, 0) is 25.3 Å². The summed E-state index contributed by atoms with van der Waals surface area (Å²) in [6.45, 7) is 1.87. The molecule has 1 saturated carbocycles. The minimum absolute atomic E-state index is 0.0315. The van der Waals surface area contributed by atoms with Gasteiger partial charge in [-0.25, -0.2) is 4.79 Å². The summed E-state index contributed by atoms with van der Waals surface area (Å²) in [7, 11) is 0. The van der Waals surface area contributed by atoms with Crippen molar-refractivity contribution in [2.45, 2.75) is 54.8 Å². The van der Waals surface area contributed by atoms with Crippen LogP contribution in [0.25, 0.3) is 0 Å². The summed E-state index contributed by atoms with van der Waals surface area (Å²) in [4.78, 5) is 38.5. The highest BCUT2D eigenvalue weighted by atomic mass is 32.2. The molecule has 3 aliphatic rings. The minimum Gasteiger partial charge on any atom is -0.477 e. The number of hydrogen-bond donors (Lipinski definition) is 2. The molecule has 2 amide bonds. The van der Waals surface area contributed by atoms with Crippen LogP contribution in [-0.4, -0.2) is 60.9 Å². The summed E-state index contributed by atoms with van der Waals surface area (Å²) in [6.07, 6.45) is 4.97. The molecule has 2 aliphatic heterocycles. The minimum atomic E-state index is -1.11. The first-order valence-electron chi connectivity index (χ1n) is 9.59. The average Bonchev–Trinajstić information content (AvgIpc) is 3.15. The molecule has 156 valence electrons. The van der Waals surface area contributed by atoms with Crippen molar-refractivity contribution < 1.29 is 19.5 Å². The Balaban J connectivity index is 1.44. The second-order valence-electron chi connectivity index (χ2n) is 7.36. The summed E-state index contributed by atoms with van der Waals surface area (Å²) in [5.74, 6) is -0.592. The summed E-state index contributed by atoms with van der Waals surface area (Å²) in [5, 5.41) is 21.1. The Bertz CT molecular complexity index is 865. The molecule has 4 rings (SSSR count). The van der Waals surface area contributed by atoms with Gasteiger partial charge < -0.3 is 10.4 Å². The van der Waals surface area contributed by atoms with Crippen LogP contribution in [0.2, 0.25) is 0 Å². The average molecular weight is 455 g/mol. The van der Waals surface area contributed by atoms with Crippen molar-refractivity contribution in [1.82, 2.24) is 20.4 Å². The van der Waals surface area contributed by atoms with Gasteiger partial charge in [0.05, 0.1) is 0 Å². The number of nitrogens with one attached hydrogen (secondary N) is 1. The summed E-state index contributed by atoms with van der Waals surface area (Å²) >= 11 is 4.40. The van der Waals surface area contributed by atoms with Crippen molar-refractivity contribution in [2.24, 2.45) is 5.92 Å². The smallest absolute Gasteiger partial charge is 0.352 e. The molecule has 2 fully saturated rings. The molecule has 2 atom stereocenters. The summed E-state index contributed by atoms with van der Waals surface area (Å²) in [5.41, 5.74) is 0.748. The number of β-lactam (4-membered cyclic amide) rings is 1. The van der Waals surface area contributed by atoms with Crippen molar-refractivity contribution in [2.75, 3.05) is 11.5 Å². The fourth-order valence-corrected chi connectivity index (χ4v) is 7.22. The zero-order valence-electron chi connectivity index (χ0n) is 15.9. The quantitative estimate of drug-likeness (QED) is 0.497. The molecule has 1 aliphatic carbocycles. The molecular formula is C18H22N4O4S3. The first-order valence-corrected chi connectivity index (χ1v) is 12.4. The Morgan fingerprint density at radius 1 is 1.28 bits per heavy atom. The maximum absolute atomic E-state index is 12.7. The zero-order valence-corrected chi connectivity index (χ0v) is 18.4. The molecule has 0 spiro atoms. The van der Waals surface area contributed by atoms with Gasteiger partial charge in [-0.1, -0.05) is 42.4 Å². The maximum Gasteiger partial charge on any atom is 0.352 e. The molecule has 8 nitrogen and oxygen atoms in total. The van der Waals surface area contributed by atoms with Gasteiger partial charge in [-0.15, -0.1) is 22.0 Å². The number of carbonyl (C=O) groups is 3. The lowest BCUT2D eigenvalue weighted by atomic mass is 9.88. The predicted octanol–water partition coefficient (Wildman–Crippen LogP) is 2.26. The third-order valence-electron chi connectivity index (χ3n) is 5.40. The topological polar surface area (TPSA) is 112 Å². The van der Waals surface area contributed by atoms with Crippen molar-refractivity contribution in [3.63, 3.8) is 0 Å². The Morgan fingerprint density at radius 2 is 2.03 bits per heavy atom. The number of rotatable bonds is 6. The standard InChI is InChI=1S/C18H22N4O4S3/c1-9-20-21-18(29-9)28-8-11-7-27-16-12(15(24)22(16)13(11)17(25)26)19-14(23)10-5-3-2-4-6-10/h10,12,16H,2-8H2,1H3,(H,19,23)(H,25,26)/t12-,16+/m0/s1. The lowest BCUT2D eigenvalue weighted by molar-refractivity contribution is -0.151. The van der Waals surface area contributed by atoms with Gasteiger partial charge in [0.25, 0.3) is 5.91 Å². The molecule has 1 aromatic rings. The summed E-state index contributed by atoms with van der Waals surface area (Å²) < 4.78 is 0.777. The third kappa shape index (κ3) is 4.17. The molecule has 3 heterocycles. The highest BCUT2D eigenvalue weighted by molar-refractivity contribution is 8.01. The Morgan fingerprint density at radius 3 is 2.69 bits per heavy atom. The molecule has 29 heavy (non-hydrogen) atoms. The van der Waals surface area contributed by atoms with Gasteiger partial charge in [0.2, 0.25) is 5.91 Å². The van der Waals surface area contributed by atoms with Crippen molar-refractivity contribution in [1.29, 1.82) is 0 Å². The highest BCUT2D eigenvalue weighted by Gasteiger charge is 2.54. The third-order valence-corrected chi connectivity index (χ3v) is 8.80. The number of nitrogens with zero attached hydrogens (tertiary/aromatic N) is 3. The first-order chi connectivity index (χ1) is 14.0. The van der Waals surface area contributed by atoms with Gasteiger partial charge in [0.1, 0.15) is 22.1 Å². The molecule has 1 aromatic heterocycles. The number of hydrogen-bond acceptors (Lipinski definition) is 8. The van der Waals surface area contributed by atoms with Crippen molar-refractivity contribution in [3.05, 3.63) is 16.3 Å². The lowest BCUT2D eigenvalue weighted by Gasteiger charge is -2.49. The second-order valence-corrected chi connectivity index (χ2v) is 10.9. The van der Waals surface area contributed by atoms with E-state index in [0.717, 1.165) is 41.5 Å². The molecule has 0 unspecified atom stereocenters. The van der Waals surface area contributed by atoms with Gasteiger partial charge in [-0.3, -0.25) is 14.5 Å². The SMILES string of the molecule is Cc1nnc(SCC2=C(C(=O)O)N3C(=O)[C@H](NC(=O)C4CCCCC4)[C@H]3SC2)s1. The highest BCUT2D eigenvalue weighted by Crippen LogP contribution is 2.42. The molecule has 0 radical (unpaired) electrons. The van der Waals surface area contributed by atoms with Crippen LogP contribution in [0.1, 0.15) is 37.1 Å². The number of carboxylic acids is 1. The second kappa shape index (κ2) is 8.65. The van der Waals surface area contributed by atoms with Crippen molar-refractivity contribution >= 4 is 52.6 Å². The number of thioether (sulfide) groups is 2. The van der Waals surface area contributed by atoms with Crippen LogP contribution >= 0.6 is 34.9 Å². The Kier molecular flexibility index (Phi) is 6.16. The molecular weight excluding hydrogens is 432 g/mol. The fourth-order valence-electron chi connectivity index (χ4n) is 3.92. The summed E-state index contributed by atoms with van der Waals surface area (Å²) in [6, 6.07) is -0.635. The molecule has 1 saturated heterocycles. The van der Waals surface area contributed by atoms with Gasteiger partial charge in [0, 0.05) is 17.4 Å². The number of carbonyl (C=O) groups excluding carboxylic acids is 2. The molecule has 0 bridgehead atoms. The van der Waals surface area contributed by atoms with Crippen LogP contribution in [-0.2, 0) is 14.4 Å². The lowest BCUT2D eigenvalue weighted by Crippen LogP contribution is -2.71. The number of fused-ring (bicyclic) bond motifs is 1. The monoisotopic (exact) mass is 454 g/mol. The van der Waals surface area contributed by atoms with E-state index in [1.165, 1.54) is 39.8 Å². The van der Waals surface area contributed by atoms with Gasteiger partial charge in [0.15, 0.2) is 4.34 Å². The van der Waals surface area contributed by atoms with Crippen LogP contribution in [0.3, 0.4) is 0 Å². The molecule has 2 N–H and O–H groups in total. The number of amides is 2. The van der Waals surface area contributed by atoms with Crippen LogP contribution in [0.15, 0.2) is 15.6 Å². The number of aliphatic carboxylic acids is 1. The van der Waals surface area contributed by atoms with E-state index in [9.17, 15) is 19.5 Å². The van der Waals surface area contributed by atoms with Crippen LogP contribution in [0, 0.1) is 12.8 Å². The Hall–Kier alpha value is -1.59. The van der Waals surface area contributed by atoms with E-state index in [0.29, 0.717) is 17.1 Å². The number of aryl methyl sites for hydroxylation is 1. The van der Waals surface area contributed by atoms with E-state index in [4.69, 9.17) is 0 Å². The molecule has 11 heteroatoms. The van der Waals surface area contributed by atoms with Crippen LogP contribution in [0.4, 0.5) is 0 Å². The number of aromatic nitrogens is 2. The van der Waals surface area contributed by atoms with E-state index in [1.807, 2.05) is 6.92 Å². The predicted molar refractivity (Wildman–Crippen MR) is 112 cm³/mol. The van der Waals surface area contributed by atoms with E-state index in [2.05, 4.69) is 15.5 Å². The van der Waals surface area contributed by atoms with Crippen LogP contribution in [0.5, 0.6) is 0 Å². The molecule has 0 aromatic carbocycles. The van der Waals surface area contributed by atoms with E-state index >= 15 is 0 Å². The fraction of sp³-hybridized carbons (Fsp3) is 0.611. The van der Waals surface area contributed by atoms with Crippen molar-refractivity contribution in [3.8, 4) is 0 Å². The maximum atomic E-state index is 12.7. The Labute approximate surface area is 180 Å². The van der Waals surface area contributed by atoms with Gasteiger partial charge >= 0.3 is 5.97 Å². The van der Waals surface area contributed by atoms with Gasteiger partial charge in [-0.2, -0.15) is 0 Å². The largest absolute Gasteiger partial charge is 0.477 e. The normalized spacial score (nSPS) is 24.9. The zero-order chi connectivity index (χ0) is 20.5. The van der Waals surface area contributed by atoms with E-state index in [-0.39, 0.29) is 28.8 Å². The van der Waals surface area contributed by atoms with E-state index < -0.39 is 12.0 Å². The first kappa shape index (κ1) is 20.7. The van der Waals surface area contributed by atoms with E-state index in [1.54, 1.807) is 0 Å². The number of carboxylic acid groups (broad SMARTS) is 1. The van der Waals surface area contributed by atoms with Crippen LogP contribution < -0.4 is 5.32 Å².